The van der Waals surface area contributed by atoms with E-state index >= 15 is 0 Å². The molecule has 192 valence electrons. The van der Waals surface area contributed by atoms with Gasteiger partial charge in [-0.2, -0.15) is 13.2 Å². The summed E-state index contributed by atoms with van der Waals surface area (Å²) in [5.74, 6) is 0.111. The lowest BCUT2D eigenvalue weighted by molar-refractivity contribution is -0.137. The van der Waals surface area contributed by atoms with Crippen LogP contribution in [0.15, 0.2) is 47.5 Å². The summed E-state index contributed by atoms with van der Waals surface area (Å²) in [6.07, 6.45) is -1.34. The van der Waals surface area contributed by atoms with E-state index in [4.69, 9.17) is 5.73 Å². The molecule has 37 heavy (non-hydrogen) atoms. The van der Waals surface area contributed by atoms with Crippen molar-refractivity contribution in [3.63, 3.8) is 0 Å². The fourth-order valence-corrected chi connectivity index (χ4v) is 5.79. The number of carbonyl (C=O) groups is 1. The minimum atomic E-state index is -4.53. The highest BCUT2D eigenvalue weighted by atomic mass is 79.9. The van der Waals surface area contributed by atoms with Gasteiger partial charge in [0.15, 0.2) is 0 Å². The maximum absolute atomic E-state index is 13.4. The number of hydrogen-bond acceptors (Lipinski definition) is 7. The predicted octanol–water partition coefficient (Wildman–Crippen LogP) is 3.76. The van der Waals surface area contributed by atoms with Crippen LogP contribution >= 0.6 is 15.9 Å². The maximum Gasteiger partial charge on any atom is 0.416 e. The van der Waals surface area contributed by atoms with E-state index in [0.717, 1.165) is 18.6 Å². The van der Waals surface area contributed by atoms with E-state index in [-0.39, 0.29) is 29.7 Å². The van der Waals surface area contributed by atoms with Crippen molar-refractivity contribution in [2.24, 2.45) is 5.92 Å². The number of pyridine rings is 1. The number of halogens is 4. The molecule has 13 heteroatoms. The van der Waals surface area contributed by atoms with Crippen LogP contribution in [0, 0.1) is 5.92 Å². The Bertz CT molecular complexity index is 1540. The molecule has 1 aliphatic heterocycles. The van der Waals surface area contributed by atoms with Crippen molar-refractivity contribution in [2.45, 2.75) is 43.9 Å². The second-order valence-electron chi connectivity index (χ2n) is 9.40. The first-order valence-corrected chi connectivity index (χ1v) is 12.4. The molecule has 4 heterocycles. The summed E-state index contributed by atoms with van der Waals surface area (Å²) in [6, 6.07) is 6.22. The number of amides is 1. The zero-order valence-corrected chi connectivity index (χ0v) is 20.7. The lowest BCUT2D eigenvalue weighted by atomic mass is 10.1. The first-order valence-electron chi connectivity index (χ1n) is 11.6. The Morgan fingerprint density at radius 1 is 1.22 bits per heavy atom. The molecule has 9 nitrogen and oxygen atoms in total. The maximum atomic E-state index is 13.4. The van der Waals surface area contributed by atoms with Gasteiger partial charge in [-0.25, -0.2) is 15.0 Å². The highest BCUT2D eigenvalue weighted by Crippen LogP contribution is 2.49. The summed E-state index contributed by atoms with van der Waals surface area (Å²) in [4.78, 5) is 27.2. The predicted molar refractivity (Wildman–Crippen MR) is 133 cm³/mol. The van der Waals surface area contributed by atoms with Gasteiger partial charge in [0.05, 0.1) is 29.1 Å². The van der Waals surface area contributed by atoms with Crippen LogP contribution in [0.2, 0.25) is 0 Å². The number of nitrogens with zero attached hydrogens (tertiary/aromatic N) is 5. The van der Waals surface area contributed by atoms with Crippen molar-refractivity contribution in [1.29, 1.82) is 0 Å². The lowest BCUT2D eigenvalue weighted by Gasteiger charge is -2.31. The van der Waals surface area contributed by atoms with Gasteiger partial charge in [0, 0.05) is 23.3 Å². The number of fused-ring (bicyclic) bond motifs is 4. The molecule has 6 rings (SSSR count). The van der Waals surface area contributed by atoms with E-state index in [9.17, 15) is 23.1 Å². The molecular weight excluding hydrogens is 555 g/mol. The molecule has 1 saturated heterocycles. The molecule has 2 aliphatic rings. The molecule has 1 amide bonds. The van der Waals surface area contributed by atoms with Crippen molar-refractivity contribution >= 4 is 55.3 Å². The Hall–Kier alpha value is -3.29. The van der Waals surface area contributed by atoms with Crippen LogP contribution in [0.5, 0.6) is 0 Å². The number of likely N-dealkylation sites (tertiary alicyclic amines) is 1. The minimum absolute atomic E-state index is 0.0182. The number of carbonyl (C=O) groups excluding carboxylic acids is 1. The number of aliphatic hydroxyl groups is 1. The normalized spacial score (nSPS) is 22.4. The fraction of sp³-hybridized carbons (Fsp3) is 0.333. The number of hydrogen-bond donors (Lipinski definition) is 3. The summed E-state index contributed by atoms with van der Waals surface area (Å²) >= 11 is 3.28. The minimum Gasteiger partial charge on any atom is -0.383 e. The lowest BCUT2D eigenvalue weighted by Crippen LogP contribution is -2.49. The third-order valence-electron chi connectivity index (χ3n) is 7.14. The van der Waals surface area contributed by atoms with E-state index in [1.54, 1.807) is 27.8 Å². The Morgan fingerprint density at radius 3 is 2.78 bits per heavy atom. The fourth-order valence-electron chi connectivity index (χ4n) is 5.42. The molecule has 0 spiro atoms. The highest BCUT2D eigenvalue weighted by molar-refractivity contribution is 9.10. The second kappa shape index (κ2) is 8.64. The van der Waals surface area contributed by atoms with Crippen LogP contribution < -0.4 is 11.1 Å². The number of nitrogens with one attached hydrogen (secondary N) is 1. The molecule has 0 radical (unpaired) electrons. The number of anilines is 2. The van der Waals surface area contributed by atoms with Crippen molar-refractivity contribution in [3.05, 3.63) is 53.0 Å². The van der Waals surface area contributed by atoms with Gasteiger partial charge in [-0.15, -0.1) is 0 Å². The first-order chi connectivity index (χ1) is 17.6. The summed E-state index contributed by atoms with van der Waals surface area (Å²) < 4.78 is 42.5. The van der Waals surface area contributed by atoms with E-state index in [1.807, 2.05) is 0 Å². The van der Waals surface area contributed by atoms with E-state index in [2.05, 4.69) is 36.2 Å². The average Bonchev–Trinajstić information content (AvgIpc) is 3.38. The summed E-state index contributed by atoms with van der Waals surface area (Å²) in [5, 5.41) is 14.8. The Morgan fingerprint density at radius 2 is 2.03 bits per heavy atom. The molecule has 1 saturated carbocycles. The van der Waals surface area contributed by atoms with Gasteiger partial charge in [-0.3, -0.25) is 9.69 Å². The van der Waals surface area contributed by atoms with Gasteiger partial charge in [-0.1, -0.05) is 0 Å². The molecule has 1 aromatic carbocycles. The Balaban J connectivity index is 1.34. The number of benzene rings is 1. The number of aromatic nitrogens is 4. The molecule has 0 bridgehead atoms. The summed E-state index contributed by atoms with van der Waals surface area (Å²) in [6.45, 7) is -0.0182. The van der Waals surface area contributed by atoms with Gasteiger partial charge < -0.3 is 20.7 Å². The largest absolute Gasteiger partial charge is 0.416 e. The van der Waals surface area contributed by atoms with E-state index < -0.39 is 24.0 Å². The zero-order chi connectivity index (χ0) is 26.1. The number of piperidine rings is 1. The van der Waals surface area contributed by atoms with Crippen molar-refractivity contribution in [1.82, 2.24) is 24.4 Å². The van der Waals surface area contributed by atoms with Gasteiger partial charge in [0.25, 0.3) is 0 Å². The van der Waals surface area contributed by atoms with Gasteiger partial charge in [-0.05, 0) is 65.0 Å². The van der Waals surface area contributed by atoms with Gasteiger partial charge in [0.2, 0.25) is 5.91 Å². The van der Waals surface area contributed by atoms with Crippen LogP contribution in [-0.2, 0) is 17.5 Å². The molecule has 4 N–H and O–H groups in total. The Kier molecular flexibility index (Phi) is 5.62. The van der Waals surface area contributed by atoms with Crippen LogP contribution in [0.3, 0.4) is 0 Å². The monoisotopic (exact) mass is 575 g/mol. The number of rotatable bonds is 5. The van der Waals surface area contributed by atoms with Gasteiger partial charge in [0.1, 0.15) is 28.6 Å². The smallest absolute Gasteiger partial charge is 0.383 e. The van der Waals surface area contributed by atoms with Crippen molar-refractivity contribution in [3.8, 4) is 0 Å². The summed E-state index contributed by atoms with van der Waals surface area (Å²) in [7, 11) is 0. The molecule has 3 aromatic heterocycles. The molecule has 4 atom stereocenters. The molecule has 4 aromatic rings. The molecule has 1 aliphatic carbocycles. The third-order valence-corrected chi connectivity index (χ3v) is 7.57. The van der Waals surface area contributed by atoms with Gasteiger partial charge >= 0.3 is 6.18 Å². The standard InChI is InChI=1S/C24H21BrF3N7O2/c25-18-8-13(3-4-30-18)33-23(37)17-6-11-5-16(11)35(17)19(36)9-34-15-2-1-12(24(26,27)28)7-14(15)20-21(29)31-10-32-22(20)34/h1-4,7-8,10-11,16-17,19,36H,5-6,9H2,(H2,29,31,32)(H,30,33,37)/t11-,16?,17+,19?/m1/s1. The van der Waals surface area contributed by atoms with Crippen LogP contribution in [0.4, 0.5) is 24.7 Å². The summed E-state index contributed by atoms with van der Waals surface area (Å²) in [5.41, 5.74) is 6.55. The highest BCUT2D eigenvalue weighted by Gasteiger charge is 2.56. The first kappa shape index (κ1) is 24.1. The molecule has 2 fully saturated rings. The van der Waals surface area contributed by atoms with Crippen LogP contribution in [0.1, 0.15) is 18.4 Å². The van der Waals surface area contributed by atoms with Crippen molar-refractivity contribution < 1.29 is 23.1 Å². The molecule has 2 unspecified atom stereocenters. The third kappa shape index (κ3) is 4.20. The number of aliphatic hydroxyl groups excluding tert-OH is 1. The number of nitrogen functional groups attached to an aromatic ring is 1. The quantitative estimate of drug-likeness (QED) is 0.310. The topological polar surface area (TPSA) is 122 Å². The second-order valence-corrected chi connectivity index (χ2v) is 10.2. The number of nitrogens with two attached hydrogens (primary N) is 1. The van der Waals surface area contributed by atoms with E-state index in [1.165, 1.54) is 12.4 Å². The van der Waals surface area contributed by atoms with Crippen molar-refractivity contribution in [2.75, 3.05) is 11.1 Å². The van der Waals surface area contributed by atoms with Crippen LogP contribution in [-0.4, -0.2) is 53.7 Å². The zero-order valence-electron chi connectivity index (χ0n) is 19.2. The molecular formula is C24H21BrF3N7O2. The number of alkyl halides is 3. The SMILES string of the molecule is Nc1ncnc2c1c1cc(C(F)(F)F)ccc1n2CC(O)N1C2C[C@@H]2C[C@H]1C(=O)Nc1ccnc(Br)c1. The Labute approximate surface area is 216 Å². The van der Waals surface area contributed by atoms with Crippen LogP contribution in [0.25, 0.3) is 21.9 Å². The average molecular weight is 576 g/mol. The van der Waals surface area contributed by atoms with E-state index in [0.29, 0.717) is 39.2 Å².